The monoisotopic (exact) mass is 386 g/mol. The Labute approximate surface area is 158 Å². The minimum absolute atomic E-state index is 0.107. The van der Waals surface area contributed by atoms with E-state index in [0.717, 1.165) is 11.0 Å². The van der Waals surface area contributed by atoms with Crippen molar-refractivity contribution in [2.45, 2.75) is 17.9 Å². The van der Waals surface area contributed by atoms with E-state index in [1.165, 1.54) is 31.2 Å². The van der Waals surface area contributed by atoms with Gasteiger partial charge >= 0.3 is 0 Å². The fourth-order valence-corrected chi connectivity index (χ4v) is 3.88. The Hall–Kier alpha value is -2.48. The number of sulfonamides is 1. The molecule has 0 aliphatic heterocycles. The lowest BCUT2D eigenvalue weighted by molar-refractivity contribution is 0.101. The topological polar surface area (TPSA) is 79.6 Å². The number of rotatable bonds is 7. The van der Waals surface area contributed by atoms with Crippen molar-refractivity contribution in [1.29, 1.82) is 0 Å². The first-order valence-corrected chi connectivity index (χ1v) is 10.0. The van der Waals surface area contributed by atoms with E-state index < -0.39 is 10.0 Å². The summed E-state index contributed by atoms with van der Waals surface area (Å²) in [7, 11) is 0.0387. The highest BCUT2D eigenvalue weighted by atomic mass is 32.2. The molecular formula is C20H22N2O4S. The second kappa shape index (κ2) is 7.64. The van der Waals surface area contributed by atoms with Crippen LogP contribution in [0.2, 0.25) is 0 Å². The van der Waals surface area contributed by atoms with Crippen molar-refractivity contribution in [2.75, 3.05) is 20.6 Å². The first kappa shape index (κ1) is 19.3. The molecule has 1 atom stereocenters. The van der Waals surface area contributed by atoms with Gasteiger partial charge in [-0.3, -0.25) is 9.69 Å². The number of ketones is 1. The highest BCUT2D eigenvalue weighted by Crippen LogP contribution is 2.26. The normalized spacial score (nSPS) is 13.2. The molecule has 6 nitrogen and oxygen atoms in total. The number of hydrogen-bond acceptors (Lipinski definition) is 5. The summed E-state index contributed by atoms with van der Waals surface area (Å²) in [5, 5.41) is 0.974. The molecule has 0 amide bonds. The Kier molecular flexibility index (Phi) is 5.46. The van der Waals surface area contributed by atoms with Gasteiger partial charge in [0, 0.05) is 17.5 Å². The Morgan fingerprint density at radius 2 is 1.78 bits per heavy atom. The van der Waals surface area contributed by atoms with E-state index in [9.17, 15) is 13.2 Å². The third-order valence-corrected chi connectivity index (χ3v) is 5.87. The minimum Gasteiger partial charge on any atom is -0.459 e. The first-order chi connectivity index (χ1) is 12.8. The van der Waals surface area contributed by atoms with Gasteiger partial charge in [0.15, 0.2) is 5.78 Å². The molecule has 0 aliphatic rings. The van der Waals surface area contributed by atoms with E-state index in [1.54, 1.807) is 0 Å². The number of Topliss-reactive ketones (excluding diaryl/α,β-unsaturated/α-hetero) is 1. The maximum Gasteiger partial charge on any atom is 0.240 e. The lowest BCUT2D eigenvalue weighted by atomic mass is 10.2. The number of carbonyl (C=O) groups is 1. The second-order valence-corrected chi connectivity index (χ2v) is 8.37. The van der Waals surface area contributed by atoms with E-state index in [-0.39, 0.29) is 23.3 Å². The van der Waals surface area contributed by atoms with Gasteiger partial charge in [-0.25, -0.2) is 13.1 Å². The van der Waals surface area contributed by atoms with Crippen molar-refractivity contribution in [3.05, 3.63) is 65.9 Å². The van der Waals surface area contributed by atoms with E-state index >= 15 is 0 Å². The molecule has 0 bridgehead atoms. The lowest BCUT2D eigenvalue weighted by Gasteiger charge is -2.22. The summed E-state index contributed by atoms with van der Waals surface area (Å²) in [5.74, 6) is 0.584. The van der Waals surface area contributed by atoms with Gasteiger partial charge in [-0.1, -0.05) is 30.3 Å². The summed E-state index contributed by atoms with van der Waals surface area (Å²) in [5.41, 5.74) is 1.24. The van der Waals surface area contributed by atoms with Crippen LogP contribution in [0, 0.1) is 0 Å². The number of para-hydroxylation sites is 1. The number of nitrogens with zero attached hydrogens (tertiary/aromatic N) is 1. The molecule has 0 unspecified atom stereocenters. The Morgan fingerprint density at radius 3 is 2.37 bits per heavy atom. The Bertz CT molecular complexity index is 1020. The summed E-state index contributed by atoms with van der Waals surface area (Å²) in [6.07, 6.45) is 0. The van der Waals surface area contributed by atoms with Crippen LogP contribution >= 0.6 is 0 Å². The predicted octanol–water partition coefficient (Wildman–Crippen LogP) is 3.22. The number of hydrogen-bond donors (Lipinski definition) is 1. The molecule has 3 rings (SSSR count). The third kappa shape index (κ3) is 4.27. The molecule has 0 spiro atoms. The zero-order chi connectivity index (χ0) is 19.6. The van der Waals surface area contributed by atoms with E-state index in [4.69, 9.17) is 4.42 Å². The molecule has 1 N–H and O–H groups in total. The smallest absolute Gasteiger partial charge is 0.240 e. The minimum atomic E-state index is -3.70. The summed E-state index contributed by atoms with van der Waals surface area (Å²) in [6, 6.07) is 15.2. The van der Waals surface area contributed by atoms with Crippen molar-refractivity contribution in [1.82, 2.24) is 9.62 Å². The fourth-order valence-electron chi connectivity index (χ4n) is 2.85. The zero-order valence-corrected chi connectivity index (χ0v) is 16.3. The van der Waals surface area contributed by atoms with Crippen LogP contribution in [-0.4, -0.2) is 39.7 Å². The van der Waals surface area contributed by atoms with Crippen LogP contribution in [0.5, 0.6) is 0 Å². The summed E-state index contributed by atoms with van der Waals surface area (Å²) >= 11 is 0. The van der Waals surface area contributed by atoms with Crippen LogP contribution in [0.1, 0.15) is 29.1 Å². The van der Waals surface area contributed by atoms with Crippen molar-refractivity contribution in [2.24, 2.45) is 0 Å². The molecule has 2 aromatic carbocycles. The highest BCUT2D eigenvalue weighted by molar-refractivity contribution is 7.89. The van der Waals surface area contributed by atoms with Gasteiger partial charge in [0.25, 0.3) is 0 Å². The van der Waals surface area contributed by atoms with Crippen LogP contribution in [-0.2, 0) is 10.0 Å². The van der Waals surface area contributed by atoms with Crippen LogP contribution < -0.4 is 4.72 Å². The van der Waals surface area contributed by atoms with Crippen LogP contribution in [0.15, 0.2) is 63.9 Å². The molecule has 1 heterocycles. The summed E-state index contributed by atoms with van der Waals surface area (Å²) < 4.78 is 33.7. The molecule has 7 heteroatoms. The Morgan fingerprint density at radius 1 is 1.11 bits per heavy atom. The molecule has 0 saturated carbocycles. The number of likely N-dealkylation sites (N-methyl/N-ethyl adjacent to an activating group) is 1. The maximum absolute atomic E-state index is 12.6. The first-order valence-electron chi connectivity index (χ1n) is 8.53. The molecule has 3 aromatic rings. The number of furan rings is 1. The summed E-state index contributed by atoms with van der Waals surface area (Å²) in [6.45, 7) is 1.60. The van der Waals surface area contributed by atoms with Gasteiger partial charge in [-0.05, 0) is 45.3 Å². The largest absolute Gasteiger partial charge is 0.459 e. The Balaban J connectivity index is 1.79. The van der Waals surface area contributed by atoms with E-state index in [2.05, 4.69) is 4.72 Å². The predicted molar refractivity (Wildman–Crippen MR) is 104 cm³/mol. The molecule has 27 heavy (non-hydrogen) atoms. The number of fused-ring (bicyclic) bond motifs is 1. The van der Waals surface area contributed by atoms with Gasteiger partial charge < -0.3 is 4.42 Å². The van der Waals surface area contributed by atoms with Gasteiger partial charge in [0.1, 0.15) is 11.3 Å². The third-order valence-electron chi connectivity index (χ3n) is 4.43. The second-order valence-electron chi connectivity index (χ2n) is 6.60. The molecule has 0 radical (unpaired) electrons. The van der Waals surface area contributed by atoms with Gasteiger partial charge in [0.2, 0.25) is 10.0 Å². The average molecular weight is 386 g/mol. The average Bonchev–Trinajstić information content (AvgIpc) is 3.05. The maximum atomic E-state index is 12.6. The van der Waals surface area contributed by atoms with Crippen LogP contribution in [0.3, 0.4) is 0 Å². The molecule has 1 aromatic heterocycles. The standard InChI is InChI=1S/C20H22N2O4S/c1-14(23)15-8-10-17(11-9-15)27(24,25)21-13-18(22(2)3)20-12-16-6-4-5-7-19(16)26-20/h4-12,18,21H,13H2,1-3H3/t18-/m0/s1. The van der Waals surface area contributed by atoms with E-state index in [0.29, 0.717) is 11.3 Å². The van der Waals surface area contributed by atoms with Gasteiger partial charge in [0.05, 0.1) is 10.9 Å². The lowest BCUT2D eigenvalue weighted by Crippen LogP contribution is -2.34. The summed E-state index contributed by atoms with van der Waals surface area (Å²) in [4.78, 5) is 13.4. The molecule has 0 aliphatic carbocycles. The molecular weight excluding hydrogens is 364 g/mol. The van der Waals surface area contributed by atoms with Gasteiger partial charge in [-0.2, -0.15) is 0 Å². The number of benzene rings is 2. The van der Waals surface area contributed by atoms with Crippen molar-refractivity contribution in [3.8, 4) is 0 Å². The van der Waals surface area contributed by atoms with Crippen molar-refractivity contribution >= 4 is 26.8 Å². The van der Waals surface area contributed by atoms with E-state index in [1.807, 2.05) is 49.3 Å². The fraction of sp³-hybridized carbons (Fsp3) is 0.250. The quantitative estimate of drug-likeness (QED) is 0.631. The van der Waals surface area contributed by atoms with Crippen LogP contribution in [0.25, 0.3) is 11.0 Å². The van der Waals surface area contributed by atoms with Crippen molar-refractivity contribution < 1.29 is 17.6 Å². The number of nitrogens with one attached hydrogen (secondary N) is 1. The van der Waals surface area contributed by atoms with Gasteiger partial charge in [-0.15, -0.1) is 0 Å². The molecule has 0 fully saturated rings. The van der Waals surface area contributed by atoms with Crippen molar-refractivity contribution in [3.63, 3.8) is 0 Å². The highest BCUT2D eigenvalue weighted by Gasteiger charge is 2.22. The molecule has 0 saturated heterocycles. The number of carbonyl (C=O) groups excluding carboxylic acids is 1. The van der Waals surface area contributed by atoms with Crippen LogP contribution in [0.4, 0.5) is 0 Å². The zero-order valence-electron chi connectivity index (χ0n) is 15.5. The molecule has 142 valence electrons. The SMILES string of the molecule is CC(=O)c1ccc(S(=O)(=O)NC[C@@H](c2cc3ccccc3o2)N(C)C)cc1.